The second kappa shape index (κ2) is 4.04. The molecule has 0 bridgehead atoms. The van der Waals surface area contributed by atoms with Crippen molar-refractivity contribution in [2.24, 2.45) is 0 Å². The highest BCUT2D eigenvalue weighted by molar-refractivity contribution is 5.72. The first kappa shape index (κ1) is 10.6. The summed E-state index contributed by atoms with van der Waals surface area (Å²) in [6.45, 7) is 2.91. The van der Waals surface area contributed by atoms with E-state index in [4.69, 9.17) is 4.74 Å². The normalized spacial score (nSPS) is 26.8. The summed E-state index contributed by atoms with van der Waals surface area (Å²) >= 11 is 0. The lowest BCUT2D eigenvalue weighted by atomic mass is 10.2. The fourth-order valence-electron chi connectivity index (χ4n) is 2.70. The van der Waals surface area contributed by atoms with Gasteiger partial charge in [0, 0.05) is 19.6 Å². The fraction of sp³-hybridized carbons (Fsp3) is 0.462. The maximum Gasteiger partial charge on any atom is 0.410 e. The smallest absolute Gasteiger partial charge is 0.410 e. The standard InChI is InChI=1S/C13H16N2O2/c1-17-13(16)15-11-8-14(9-12(11)15)7-10-5-3-2-4-6-10/h2-6,11-12H,7-9H2,1H3. The van der Waals surface area contributed by atoms with E-state index in [0.29, 0.717) is 12.1 Å². The Morgan fingerprint density at radius 1 is 1.29 bits per heavy atom. The number of hydrogen-bond acceptors (Lipinski definition) is 3. The molecule has 0 aromatic heterocycles. The van der Waals surface area contributed by atoms with Crippen molar-refractivity contribution < 1.29 is 9.53 Å². The van der Waals surface area contributed by atoms with Crippen LogP contribution < -0.4 is 0 Å². The largest absolute Gasteiger partial charge is 0.453 e. The Bertz CT molecular complexity index is 409. The number of ether oxygens (including phenoxy) is 1. The maximum atomic E-state index is 11.3. The molecule has 0 saturated carbocycles. The number of methoxy groups -OCH3 is 1. The first-order valence-corrected chi connectivity index (χ1v) is 5.92. The number of likely N-dealkylation sites (tertiary alicyclic amines) is 1. The number of fused-ring (bicyclic) bond motifs is 1. The van der Waals surface area contributed by atoms with Crippen LogP contribution in [-0.4, -0.2) is 48.2 Å². The van der Waals surface area contributed by atoms with E-state index in [1.54, 1.807) is 0 Å². The monoisotopic (exact) mass is 232 g/mol. The van der Waals surface area contributed by atoms with Crippen molar-refractivity contribution in [3.63, 3.8) is 0 Å². The molecule has 2 fully saturated rings. The molecule has 90 valence electrons. The zero-order valence-corrected chi connectivity index (χ0v) is 9.87. The van der Waals surface area contributed by atoms with Gasteiger partial charge in [0.15, 0.2) is 0 Å². The third kappa shape index (κ3) is 1.89. The number of piperazine rings is 1. The van der Waals surface area contributed by atoms with Crippen LogP contribution >= 0.6 is 0 Å². The van der Waals surface area contributed by atoms with E-state index in [-0.39, 0.29) is 6.09 Å². The van der Waals surface area contributed by atoms with Crippen LogP contribution in [0.2, 0.25) is 0 Å². The molecule has 1 amide bonds. The van der Waals surface area contributed by atoms with E-state index in [1.807, 2.05) is 11.0 Å². The summed E-state index contributed by atoms with van der Waals surface area (Å²) in [5.41, 5.74) is 1.33. The van der Waals surface area contributed by atoms with Gasteiger partial charge in [-0.1, -0.05) is 30.3 Å². The minimum Gasteiger partial charge on any atom is -0.453 e. The highest BCUT2D eigenvalue weighted by Gasteiger charge is 2.57. The van der Waals surface area contributed by atoms with Gasteiger partial charge in [-0.05, 0) is 5.56 Å². The molecule has 1 aromatic carbocycles. The topological polar surface area (TPSA) is 32.6 Å². The molecule has 4 heteroatoms. The predicted octanol–water partition coefficient (Wildman–Crippen LogP) is 1.32. The van der Waals surface area contributed by atoms with Gasteiger partial charge >= 0.3 is 6.09 Å². The molecule has 2 atom stereocenters. The molecule has 2 aliphatic rings. The summed E-state index contributed by atoms with van der Waals surface area (Å²) in [6, 6.07) is 11.2. The van der Waals surface area contributed by atoms with Gasteiger partial charge in [-0.15, -0.1) is 0 Å². The van der Waals surface area contributed by atoms with E-state index in [1.165, 1.54) is 12.7 Å². The summed E-state index contributed by atoms with van der Waals surface area (Å²) < 4.78 is 4.73. The Morgan fingerprint density at radius 3 is 2.53 bits per heavy atom. The maximum absolute atomic E-state index is 11.3. The van der Waals surface area contributed by atoms with E-state index < -0.39 is 0 Å². The number of nitrogens with zero attached hydrogens (tertiary/aromatic N) is 2. The number of benzene rings is 1. The third-order valence-corrected chi connectivity index (χ3v) is 3.59. The van der Waals surface area contributed by atoms with Crippen molar-refractivity contribution in [2.75, 3.05) is 20.2 Å². The van der Waals surface area contributed by atoms with Gasteiger partial charge < -0.3 is 4.74 Å². The molecule has 2 saturated heterocycles. The molecule has 2 aliphatic heterocycles. The zero-order valence-electron chi connectivity index (χ0n) is 9.87. The van der Waals surface area contributed by atoms with Gasteiger partial charge in [0.05, 0.1) is 19.2 Å². The Balaban J connectivity index is 1.54. The van der Waals surface area contributed by atoms with Crippen LogP contribution in [0.25, 0.3) is 0 Å². The van der Waals surface area contributed by atoms with Crippen LogP contribution in [0.15, 0.2) is 30.3 Å². The second-order valence-corrected chi connectivity index (χ2v) is 4.69. The lowest BCUT2D eigenvalue weighted by molar-refractivity contribution is 0.140. The van der Waals surface area contributed by atoms with Crippen LogP contribution in [0.3, 0.4) is 0 Å². The van der Waals surface area contributed by atoms with Crippen molar-refractivity contribution >= 4 is 6.09 Å². The fourth-order valence-corrected chi connectivity index (χ4v) is 2.70. The summed E-state index contributed by atoms with van der Waals surface area (Å²) in [5.74, 6) is 0. The highest BCUT2D eigenvalue weighted by atomic mass is 16.5. The van der Waals surface area contributed by atoms with Crippen molar-refractivity contribution in [2.45, 2.75) is 18.6 Å². The van der Waals surface area contributed by atoms with Crippen molar-refractivity contribution in [3.05, 3.63) is 35.9 Å². The first-order chi connectivity index (χ1) is 8.29. The molecule has 17 heavy (non-hydrogen) atoms. The number of amides is 1. The SMILES string of the molecule is COC(=O)N1C2CN(Cc3ccccc3)CC21. The highest BCUT2D eigenvalue weighted by Crippen LogP contribution is 2.36. The molecule has 2 unspecified atom stereocenters. The van der Waals surface area contributed by atoms with Gasteiger partial charge in [0.2, 0.25) is 0 Å². The number of rotatable bonds is 2. The molecule has 2 heterocycles. The first-order valence-electron chi connectivity index (χ1n) is 5.92. The molecule has 0 spiro atoms. The van der Waals surface area contributed by atoms with Crippen LogP contribution in [0.5, 0.6) is 0 Å². The summed E-state index contributed by atoms with van der Waals surface area (Å²) in [5, 5.41) is 0. The van der Waals surface area contributed by atoms with Crippen molar-refractivity contribution in [1.82, 2.24) is 9.80 Å². The van der Waals surface area contributed by atoms with Crippen molar-refractivity contribution in [3.8, 4) is 0 Å². The molecule has 1 aromatic rings. The number of carbonyl (C=O) groups excluding carboxylic acids is 1. The molecule has 3 rings (SSSR count). The average Bonchev–Trinajstić information content (AvgIpc) is 2.86. The molecule has 0 aliphatic carbocycles. The summed E-state index contributed by atoms with van der Waals surface area (Å²) in [4.78, 5) is 15.6. The lowest BCUT2D eigenvalue weighted by Crippen LogP contribution is -2.31. The molecule has 4 nitrogen and oxygen atoms in total. The minimum absolute atomic E-state index is 0.181. The Labute approximate surface area is 101 Å². The van der Waals surface area contributed by atoms with Gasteiger partial charge in [-0.3, -0.25) is 9.80 Å². The lowest BCUT2D eigenvalue weighted by Gasteiger charge is -2.19. The van der Waals surface area contributed by atoms with Crippen LogP contribution in [0, 0.1) is 0 Å². The van der Waals surface area contributed by atoms with E-state index in [9.17, 15) is 4.79 Å². The molecular weight excluding hydrogens is 216 g/mol. The third-order valence-electron chi connectivity index (χ3n) is 3.59. The van der Waals surface area contributed by atoms with Gasteiger partial charge in [-0.2, -0.15) is 0 Å². The minimum atomic E-state index is -0.181. The van der Waals surface area contributed by atoms with Crippen LogP contribution in [-0.2, 0) is 11.3 Å². The molecule has 0 N–H and O–H groups in total. The van der Waals surface area contributed by atoms with Crippen LogP contribution in [0.4, 0.5) is 4.79 Å². The molecule has 0 radical (unpaired) electrons. The summed E-state index contributed by atoms with van der Waals surface area (Å²) in [7, 11) is 1.44. The Morgan fingerprint density at radius 2 is 1.94 bits per heavy atom. The number of carbonyl (C=O) groups is 1. The van der Waals surface area contributed by atoms with Crippen molar-refractivity contribution in [1.29, 1.82) is 0 Å². The van der Waals surface area contributed by atoms with Crippen LogP contribution in [0.1, 0.15) is 5.56 Å². The predicted molar refractivity (Wildman–Crippen MR) is 63.5 cm³/mol. The molecular formula is C13H16N2O2. The summed E-state index contributed by atoms with van der Waals surface area (Å²) in [6.07, 6.45) is -0.181. The van der Waals surface area contributed by atoms with E-state index in [2.05, 4.69) is 29.2 Å². The quantitative estimate of drug-likeness (QED) is 0.721. The van der Waals surface area contributed by atoms with Gasteiger partial charge in [0.25, 0.3) is 0 Å². The van der Waals surface area contributed by atoms with E-state index >= 15 is 0 Å². The van der Waals surface area contributed by atoms with Gasteiger partial charge in [0.1, 0.15) is 0 Å². The second-order valence-electron chi connectivity index (χ2n) is 4.69. The zero-order chi connectivity index (χ0) is 11.8. The Hall–Kier alpha value is -1.55. The number of hydrogen-bond donors (Lipinski definition) is 0. The average molecular weight is 232 g/mol. The van der Waals surface area contributed by atoms with Gasteiger partial charge in [-0.25, -0.2) is 4.79 Å². The Kier molecular flexibility index (Phi) is 2.52. The van der Waals surface area contributed by atoms with E-state index in [0.717, 1.165) is 19.6 Å².